The zero-order valence-corrected chi connectivity index (χ0v) is 21.7. The number of nitrogens with one attached hydrogen (secondary N) is 1. The first-order valence-corrected chi connectivity index (χ1v) is 11.5. The Morgan fingerprint density at radius 2 is 1.71 bits per heavy atom. The van der Waals surface area contributed by atoms with Gasteiger partial charge >= 0.3 is 0 Å². The normalized spacial score (nSPS) is 10.9. The molecule has 2 heterocycles. The lowest BCUT2D eigenvalue weighted by atomic mass is 10.1. The van der Waals surface area contributed by atoms with Crippen LogP contribution in [0.15, 0.2) is 55.0 Å². The van der Waals surface area contributed by atoms with Crippen LogP contribution in [0, 0.1) is 0 Å². The Bertz CT molecular complexity index is 1240. The first kappa shape index (κ1) is 26.2. The summed E-state index contributed by atoms with van der Waals surface area (Å²) in [4.78, 5) is 11.8. The molecule has 0 fully saturated rings. The van der Waals surface area contributed by atoms with Gasteiger partial charge < -0.3 is 19.7 Å². The van der Waals surface area contributed by atoms with E-state index in [2.05, 4.69) is 46.3 Å². The van der Waals surface area contributed by atoms with Gasteiger partial charge in [0, 0.05) is 61.0 Å². The van der Waals surface area contributed by atoms with Gasteiger partial charge in [0.05, 0.1) is 43.3 Å². The van der Waals surface area contributed by atoms with Crippen LogP contribution in [-0.2, 0) is 7.05 Å². The van der Waals surface area contributed by atoms with Crippen LogP contribution in [0.2, 0.25) is 0 Å². The molecule has 0 aliphatic heterocycles. The standard InChI is InChI=1S/C26H32N6O2.ClH/c1-18(2)27-9-6-10-32(21-11-22(33-4)14-23(12-21)34-5)20-7-8-24-25(13-20)30-26(16-28-24)19-15-29-31(3)17-19;/h7-8,11-18,27H,6,9-10H2,1-5H3;1H. The van der Waals surface area contributed by atoms with Crippen LogP contribution in [-0.4, -0.2) is 53.1 Å². The maximum atomic E-state index is 5.53. The number of benzene rings is 2. The predicted octanol–water partition coefficient (Wildman–Crippen LogP) is 5.00. The van der Waals surface area contributed by atoms with Crippen LogP contribution in [0.25, 0.3) is 22.3 Å². The third-order valence-electron chi connectivity index (χ3n) is 5.60. The minimum Gasteiger partial charge on any atom is -0.497 e. The zero-order valence-electron chi connectivity index (χ0n) is 20.9. The predicted molar refractivity (Wildman–Crippen MR) is 143 cm³/mol. The summed E-state index contributed by atoms with van der Waals surface area (Å²) in [6.07, 6.45) is 6.50. The van der Waals surface area contributed by atoms with Crippen molar-refractivity contribution in [1.82, 2.24) is 25.1 Å². The van der Waals surface area contributed by atoms with Gasteiger partial charge in [0.25, 0.3) is 0 Å². The molecule has 0 aliphatic carbocycles. The average Bonchev–Trinajstić information content (AvgIpc) is 3.29. The van der Waals surface area contributed by atoms with Gasteiger partial charge in [0.15, 0.2) is 0 Å². The number of nitrogens with zero attached hydrogens (tertiary/aromatic N) is 5. The molecule has 0 spiro atoms. The van der Waals surface area contributed by atoms with Crippen LogP contribution in [0.5, 0.6) is 11.5 Å². The van der Waals surface area contributed by atoms with E-state index in [-0.39, 0.29) is 12.4 Å². The van der Waals surface area contributed by atoms with Gasteiger partial charge in [-0.25, -0.2) is 4.98 Å². The number of rotatable bonds is 10. The van der Waals surface area contributed by atoms with Crippen molar-refractivity contribution >= 4 is 34.8 Å². The molecule has 2 aromatic heterocycles. The van der Waals surface area contributed by atoms with Gasteiger partial charge in [0.1, 0.15) is 11.5 Å². The second kappa shape index (κ2) is 11.9. The number of aryl methyl sites for hydroxylation is 1. The van der Waals surface area contributed by atoms with Crippen LogP contribution >= 0.6 is 12.4 Å². The van der Waals surface area contributed by atoms with Gasteiger partial charge in [-0.3, -0.25) is 9.67 Å². The van der Waals surface area contributed by atoms with Crippen LogP contribution < -0.4 is 19.7 Å². The third-order valence-corrected chi connectivity index (χ3v) is 5.60. The highest BCUT2D eigenvalue weighted by atomic mass is 35.5. The Morgan fingerprint density at radius 3 is 2.34 bits per heavy atom. The lowest BCUT2D eigenvalue weighted by Gasteiger charge is -2.26. The van der Waals surface area contributed by atoms with Crippen LogP contribution in [0.3, 0.4) is 0 Å². The van der Waals surface area contributed by atoms with Gasteiger partial charge in [0.2, 0.25) is 0 Å². The summed E-state index contributed by atoms with van der Waals surface area (Å²) in [7, 11) is 5.23. The molecule has 8 nitrogen and oxygen atoms in total. The van der Waals surface area contributed by atoms with Crippen LogP contribution in [0.1, 0.15) is 20.3 Å². The van der Waals surface area contributed by atoms with Gasteiger partial charge in [-0.15, -0.1) is 12.4 Å². The van der Waals surface area contributed by atoms with Crippen molar-refractivity contribution in [2.24, 2.45) is 7.05 Å². The number of fused-ring (bicyclic) bond motifs is 1. The summed E-state index contributed by atoms with van der Waals surface area (Å²) in [6, 6.07) is 12.6. The number of aromatic nitrogens is 4. The fourth-order valence-corrected chi connectivity index (χ4v) is 3.84. The molecule has 0 atom stereocenters. The fourth-order valence-electron chi connectivity index (χ4n) is 3.84. The number of methoxy groups -OCH3 is 2. The molecule has 2 aromatic carbocycles. The van der Waals surface area contributed by atoms with Crippen molar-refractivity contribution in [2.45, 2.75) is 26.3 Å². The quantitative estimate of drug-likeness (QED) is 0.310. The molecule has 0 unspecified atom stereocenters. The molecule has 9 heteroatoms. The number of ether oxygens (including phenoxy) is 2. The SMILES string of the molecule is COc1cc(OC)cc(N(CCCNC(C)C)c2ccc3ncc(-c4cnn(C)c4)nc3c2)c1.Cl. The maximum Gasteiger partial charge on any atom is 0.124 e. The van der Waals surface area contributed by atoms with Gasteiger partial charge in [-0.1, -0.05) is 13.8 Å². The van der Waals surface area contributed by atoms with E-state index in [0.29, 0.717) is 6.04 Å². The van der Waals surface area contributed by atoms with Crippen molar-refractivity contribution in [3.8, 4) is 22.8 Å². The zero-order chi connectivity index (χ0) is 24.1. The van der Waals surface area contributed by atoms with Crippen molar-refractivity contribution in [3.05, 3.63) is 55.0 Å². The maximum absolute atomic E-state index is 5.53. The minimum atomic E-state index is 0. The Balaban J connectivity index is 0.00000342. The molecule has 0 bridgehead atoms. The lowest BCUT2D eigenvalue weighted by molar-refractivity contribution is 0.394. The van der Waals surface area contributed by atoms with Crippen molar-refractivity contribution in [1.29, 1.82) is 0 Å². The number of hydrogen-bond donors (Lipinski definition) is 1. The molecule has 186 valence electrons. The summed E-state index contributed by atoms with van der Waals surface area (Å²) in [5, 5.41) is 7.76. The topological polar surface area (TPSA) is 77.3 Å². The fraction of sp³-hybridized carbons (Fsp3) is 0.346. The van der Waals surface area contributed by atoms with E-state index in [4.69, 9.17) is 14.5 Å². The van der Waals surface area contributed by atoms with E-state index in [1.807, 2.05) is 37.5 Å². The molecule has 1 N–H and O–H groups in total. The molecule has 4 aromatic rings. The highest BCUT2D eigenvalue weighted by Gasteiger charge is 2.14. The molecule has 0 amide bonds. The first-order valence-electron chi connectivity index (χ1n) is 11.5. The average molecular weight is 497 g/mol. The van der Waals surface area contributed by atoms with Crippen molar-refractivity contribution < 1.29 is 9.47 Å². The highest BCUT2D eigenvalue weighted by molar-refractivity contribution is 5.85. The van der Waals surface area contributed by atoms with E-state index < -0.39 is 0 Å². The number of halogens is 1. The molecule has 35 heavy (non-hydrogen) atoms. The summed E-state index contributed by atoms with van der Waals surface area (Å²) in [5.74, 6) is 1.50. The highest BCUT2D eigenvalue weighted by Crippen LogP contribution is 2.34. The Hall–Kier alpha value is -3.36. The largest absolute Gasteiger partial charge is 0.497 e. The second-order valence-electron chi connectivity index (χ2n) is 8.52. The molecule has 0 aliphatic rings. The number of hydrogen-bond acceptors (Lipinski definition) is 7. The summed E-state index contributed by atoms with van der Waals surface area (Å²) >= 11 is 0. The summed E-state index contributed by atoms with van der Waals surface area (Å²) < 4.78 is 12.8. The van der Waals surface area contributed by atoms with E-state index in [1.54, 1.807) is 31.3 Å². The Morgan fingerprint density at radius 1 is 0.971 bits per heavy atom. The summed E-state index contributed by atoms with van der Waals surface area (Å²) in [5.41, 5.74) is 5.45. The smallest absolute Gasteiger partial charge is 0.124 e. The van der Waals surface area contributed by atoms with Crippen LogP contribution in [0.4, 0.5) is 11.4 Å². The Labute approximate surface area is 212 Å². The van der Waals surface area contributed by atoms with Gasteiger partial charge in [-0.05, 0) is 31.2 Å². The van der Waals surface area contributed by atoms with Crippen molar-refractivity contribution in [2.75, 3.05) is 32.2 Å². The Kier molecular flexibility index (Phi) is 8.89. The molecular weight excluding hydrogens is 464 g/mol. The third kappa shape index (κ3) is 6.41. The van der Waals surface area contributed by atoms with Crippen molar-refractivity contribution in [3.63, 3.8) is 0 Å². The first-order chi connectivity index (χ1) is 16.5. The molecule has 0 saturated carbocycles. The molecule has 0 saturated heterocycles. The lowest BCUT2D eigenvalue weighted by Crippen LogP contribution is -2.27. The van der Waals surface area contributed by atoms with E-state index in [1.165, 1.54) is 0 Å². The van der Waals surface area contributed by atoms with E-state index in [0.717, 1.165) is 64.7 Å². The summed E-state index contributed by atoms with van der Waals surface area (Å²) in [6.45, 7) is 6.06. The van der Waals surface area contributed by atoms with E-state index in [9.17, 15) is 0 Å². The second-order valence-corrected chi connectivity index (χ2v) is 8.52. The van der Waals surface area contributed by atoms with Gasteiger partial charge in [-0.2, -0.15) is 5.10 Å². The van der Waals surface area contributed by atoms with E-state index >= 15 is 0 Å². The molecular formula is C26H33ClN6O2. The molecule has 0 radical (unpaired) electrons. The minimum absolute atomic E-state index is 0. The monoisotopic (exact) mass is 496 g/mol. The number of anilines is 2. The molecule has 4 rings (SSSR count).